The van der Waals surface area contributed by atoms with Crippen molar-refractivity contribution >= 4 is 32.9 Å². The first-order chi connectivity index (χ1) is 12.5. The Hall–Kier alpha value is -2.86. The summed E-state index contributed by atoms with van der Waals surface area (Å²) in [7, 11) is 1.56. The molecule has 5 nitrogen and oxygen atoms in total. The van der Waals surface area contributed by atoms with Gasteiger partial charge in [0.1, 0.15) is 11.3 Å². The van der Waals surface area contributed by atoms with Gasteiger partial charge >= 0.3 is 5.97 Å². The van der Waals surface area contributed by atoms with Gasteiger partial charge in [-0.2, -0.15) is 0 Å². The number of rotatable bonds is 4. The van der Waals surface area contributed by atoms with Crippen LogP contribution in [0.4, 0.5) is 0 Å². The van der Waals surface area contributed by atoms with Gasteiger partial charge in [0.05, 0.1) is 17.0 Å². The van der Waals surface area contributed by atoms with Gasteiger partial charge in [-0.1, -0.05) is 18.2 Å². The van der Waals surface area contributed by atoms with Crippen LogP contribution in [0.3, 0.4) is 0 Å². The summed E-state index contributed by atoms with van der Waals surface area (Å²) >= 11 is 3.41. The summed E-state index contributed by atoms with van der Waals surface area (Å²) in [5, 5.41) is 0.340. The van der Waals surface area contributed by atoms with Gasteiger partial charge in [0.15, 0.2) is 5.76 Å². The standard InChI is InChI=1S/C20H15BrO5/c1-3-6-17(22)26-20-18(23)13-7-4-5-8-15(13)25-19(20)12-9-10-16(24-2)14(21)11-12/h3-11H,1-2H3/b6-3+. The van der Waals surface area contributed by atoms with Crippen molar-refractivity contribution in [2.75, 3.05) is 7.11 Å². The Bertz CT molecular complexity index is 1070. The fourth-order valence-electron chi connectivity index (χ4n) is 2.49. The van der Waals surface area contributed by atoms with E-state index in [-0.39, 0.29) is 11.5 Å². The molecule has 0 saturated carbocycles. The summed E-state index contributed by atoms with van der Waals surface area (Å²) in [6.45, 7) is 1.69. The second kappa shape index (κ2) is 7.58. The van der Waals surface area contributed by atoms with Crippen LogP contribution < -0.4 is 14.9 Å². The molecule has 26 heavy (non-hydrogen) atoms. The summed E-state index contributed by atoms with van der Waals surface area (Å²) in [5.74, 6) is 0.00651. The van der Waals surface area contributed by atoms with Gasteiger partial charge in [0.2, 0.25) is 11.2 Å². The Morgan fingerprint density at radius 1 is 1.19 bits per heavy atom. The lowest BCUT2D eigenvalue weighted by molar-refractivity contribution is -0.129. The molecule has 132 valence electrons. The molecule has 0 aliphatic heterocycles. The molecule has 0 aliphatic carbocycles. The number of fused-ring (bicyclic) bond motifs is 1. The van der Waals surface area contributed by atoms with Gasteiger partial charge in [-0.25, -0.2) is 4.79 Å². The third-order valence-electron chi connectivity index (χ3n) is 3.68. The van der Waals surface area contributed by atoms with E-state index in [1.54, 1.807) is 56.5 Å². The SMILES string of the molecule is C/C=C/C(=O)Oc1c(-c2ccc(OC)c(Br)c2)oc2ccccc2c1=O. The first kappa shape index (κ1) is 17.9. The Balaban J connectivity index is 2.26. The topological polar surface area (TPSA) is 65.7 Å². The van der Waals surface area contributed by atoms with Gasteiger partial charge in [-0.05, 0) is 53.2 Å². The molecule has 3 rings (SSSR count). The number of halogens is 1. The van der Waals surface area contributed by atoms with Gasteiger partial charge < -0.3 is 13.9 Å². The molecule has 1 aromatic heterocycles. The minimum atomic E-state index is -0.649. The van der Waals surface area contributed by atoms with E-state index in [1.807, 2.05) is 0 Å². The van der Waals surface area contributed by atoms with Crippen molar-refractivity contribution in [3.8, 4) is 22.8 Å². The van der Waals surface area contributed by atoms with Crippen LogP contribution in [0.25, 0.3) is 22.3 Å². The highest BCUT2D eigenvalue weighted by atomic mass is 79.9. The van der Waals surface area contributed by atoms with Crippen LogP contribution in [0.1, 0.15) is 6.92 Å². The average Bonchev–Trinajstić information content (AvgIpc) is 2.64. The van der Waals surface area contributed by atoms with Crippen molar-refractivity contribution in [1.82, 2.24) is 0 Å². The Morgan fingerprint density at radius 3 is 2.65 bits per heavy atom. The van der Waals surface area contributed by atoms with Crippen molar-refractivity contribution in [2.24, 2.45) is 0 Å². The number of carbonyl (C=O) groups is 1. The second-order valence-electron chi connectivity index (χ2n) is 5.36. The van der Waals surface area contributed by atoms with Crippen LogP contribution in [-0.4, -0.2) is 13.1 Å². The van der Waals surface area contributed by atoms with Crippen LogP contribution in [0.15, 0.2) is 68.3 Å². The third kappa shape index (κ3) is 3.41. The molecule has 3 aromatic rings. The predicted octanol–water partition coefficient (Wildman–Crippen LogP) is 4.71. The fraction of sp³-hybridized carbons (Fsp3) is 0.100. The van der Waals surface area contributed by atoms with Crippen molar-refractivity contribution in [1.29, 1.82) is 0 Å². The lowest BCUT2D eigenvalue weighted by Gasteiger charge is -2.11. The van der Waals surface area contributed by atoms with E-state index in [4.69, 9.17) is 13.9 Å². The summed E-state index contributed by atoms with van der Waals surface area (Å²) in [5.41, 5.74) is 0.570. The maximum absolute atomic E-state index is 12.9. The number of ether oxygens (including phenoxy) is 2. The van der Waals surface area contributed by atoms with Crippen LogP contribution in [0.5, 0.6) is 11.5 Å². The van der Waals surface area contributed by atoms with E-state index in [2.05, 4.69) is 15.9 Å². The second-order valence-corrected chi connectivity index (χ2v) is 6.21. The molecule has 0 saturated heterocycles. The monoisotopic (exact) mass is 414 g/mol. The van der Waals surface area contributed by atoms with Gasteiger partial charge in [0.25, 0.3) is 0 Å². The molecule has 0 radical (unpaired) electrons. The largest absolute Gasteiger partial charge is 0.496 e. The highest BCUT2D eigenvalue weighted by Gasteiger charge is 2.20. The minimum absolute atomic E-state index is 0.149. The fourth-order valence-corrected chi connectivity index (χ4v) is 3.03. The molecule has 0 bridgehead atoms. The molecular weight excluding hydrogens is 400 g/mol. The number of hydrogen-bond donors (Lipinski definition) is 0. The number of allylic oxidation sites excluding steroid dienone is 1. The van der Waals surface area contributed by atoms with Crippen molar-refractivity contribution in [2.45, 2.75) is 6.92 Å². The summed E-state index contributed by atoms with van der Waals surface area (Å²) < 4.78 is 17.1. The molecule has 0 N–H and O–H groups in total. The van der Waals surface area contributed by atoms with E-state index in [0.29, 0.717) is 26.8 Å². The van der Waals surface area contributed by atoms with E-state index in [1.165, 1.54) is 12.2 Å². The van der Waals surface area contributed by atoms with Gasteiger partial charge in [0, 0.05) is 11.6 Å². The molecule has 2 aromatic carbocycles. The van der Waals surface area contributed by atoms with E-state index < -0.39 is 11.4 Å². The lowest BCUT2D eigenvalue weighted by Crippen LogP contribution is -2.14. The molecule has 0 amide bonds. The Kier molecular flexibility index (Phi) is 5.23. The highest BCUT2D eigenvalue weighted by molar-refractivity contribution is 9.10. The molecule has 6 heteroatoms. The highest BCUT2D eigenvalue weighted by Crippen LogP contribution is 2.35. The van der Waals surface area contributed by atoms with Crippen LogP contribution in [0, 0.1) is 0 Å². The maximum Gasteiger partial charge on any atom is 0.336 e. The lowest BCUT2D eigenvalue weighted by atomic mass is 10.1. The Labute approximate surface area is 158 Å². The normalized spacial score (nSPS) is 11.0. The molecule has 0 atom stereocenters. The number of benzene rings is 2. The van der Waals surface area contributed by atoms with E-state index in [9.17, 15) is 9.59 Å². The summed E-state index contributed by atoms with van der Waals surface area (Å²) in [6.07, 6.45) is 2.77. The van der Waals surface area contributed by atoms with Gasteiger partial charge in [-0.3, -0.25) is 4.79 Å². The molecule has 0 spiro atoms. The number of methoxy groups -OCH3 is 1. The molecule has 0 fully saturated rings. The number of esters is 1. The van der Waals surface area contributed by atoms with Gasteiger partial charge in [-0.15, -0.1) is 0 Å². The first-order valence-corrected chi connectivity index (χ1v) is 8.58. The first-order valence-electron chi connectivity index (χ1n) is 7.79. The number of para-hydroxylation sites is 1. The zero-order valence-corrected chi connectivity index (χ0v) is 15.7. The zero-order valence-electron chi connectivity index (χ0n) is 14.1. The quantitative estimate of drug-likeness (QED) is 0.456. The Morgan fingerprint density at radius 2 is 1.96 bits per heavy atom. The minimum Gasteiger partial charge on any atom is -0.496 e. The summed E-state index contributed by atoms with van der Waals surface area (Å²) in [4.78, 5) is 24.8. The third-order valence-corrected chi connectivity index (χ3v) is 4.30. The summed E-state index contributed by atoms with van der Waals surface area (Å²) in [6, 6.07) is 12.0. The van der Waals surface area contributed by atoms with E-state index in [0.717, 1.165) is 0 Å². The zero-order chi connectivity index (χ0) is 18.7. The average molecular weight is 415 g/mol. The van der Waals surface area contributed by atoms with E-state index >= 15 is 0 Å². The number of carbonyl (C=O) groups excluding carboxylic acids is 1. The van der Waals surface area contributed by atoms with Crippen LogP contribution in [0.2, 0.25) is 0 Å². The molecule has 1 heterocycles. The molecular formula is C20H15BrO5. The maximum atomic E-state index is 12.9. The van der Waals surface area contributed by atoms with Crippen molar-refractivity contribution in [3.63, 3.8) is 0 Å². The smallest absolute Gasteiger partial charge is 0.336 e. The van der Waals surface area contributed by atoms with Crippen LogP contribution >= 0.6 is 15.9 Å². The molecule has 0 aliphatic rings. The van der Waals surface area contributed by atoms with Crippen LogP contribution in [-0.2, 0) is 4.79 Å². The van der Waals surface area contributed by atoms with Crippen molar-refractivity contribution < 1.29 is 18.7 Å². The molecule has 0 unspecified atom stereocenters. The predicted molar refractivity (Wildman–Crippen MR) is 103 cm³/mol. The van der Waals surface area contributed by atoms with Crippen molar-refractivity contribution in [3.05, 3.63) is 69.3 Å². The number of hydrogen-bond acceptors (Lipinski definition) is 5.